The van der Waals surface area contributed by atoms with Crippen molar-refractivity contribution < 1.29 is 9.90 Å². The Hall–Kier alpha value is -0.410. The first-order chi connectivity index (χ1) is 6.83. The summed E-state index contributed by atoms with van der Waals surface area (Å²) in [4.78, 5) is 14.0. The summed E-state index contributed by atoms with van der Waals surface area (Å²) in [5, 5.41) is 9.24. The Morgan fingerprint density at radius 1 is 1.60 bits per heavy atom. The van der Waals surface area contributed by atoms with Crippen LogP contribution in [0.25, 0.3) is 0 Å². The molecule has 1 saturated carbocycles. The molecule has 1 N–H and O–H groups in total. The summed E-state index contributed by atoms with van der Waals surface area (Å²) < 4.78 is 0. The molecule has 0 aromatic heterocycles. The highest BCUT2D eigenvalue weighted by Crippen LogP contribution is 2.37. The van der Waals surface area contributed by atoms with Crippen LogP contribution < -0.4 is 0 Å². The van der Waals surface area contributed by atoms with Gasteiger partial charge in [0.05, 0.1) is 6.10 Å². The fourth-order valence-electron chi connectivity index (χ4n) is 2.42. The summed E-state index contributed by atoms with van der Waals surface area (Å²) in [6, 6.07) is 0. The second-order valence-electron chi connectivity index (χ2n) is 5.55. The number of aliphatic hydroxyl groups excluding tert-OH is 1. The monoisotopic (exact) mass is 213 g/mol. The van der Waals surface area contributed by atoms with Gasteiger partial charge in [-0.25, -0.2) is 0 Å². The predicted octanol–water partition coefficient (Wildman–Crippen LogP) is 1.30. The Labute approximate surface area is 92.5 Å². The number of hydrogen-bond donors (Lipinski definition) is 1. The minimum absolute atomic E-state index is 0.129. The molecular weight excluding hydrogens is 190 g/mol. The van der Waals surface area contributed by atoms with Crippen molar-refractivity contribution in [3.05, 3.63) is 0 Å². The normalized spacial score (nSPS) is 27.3. The maximum atomic E-state index is 12.0. The van der Waals surface area contributed by atoms with Crippen LogP contribution in [0.1, 0.15) is 33.6 Å². The molecule has 1 rings (SSSR count). The van der Waals surface area contributed by atoms with Crippen LogP contribution in [0.5, 0.6) is 0 Å². The van der Waals surface area contributed by atoms with E-state index in [0.717, 1.165) is 19.4 Å². The number of carbonyl (C=O) groups is 1. The molecule has 2 unspecified atom stereocenters. The van der Waals surface area contributed by atoms with Crippen molar-refractivity contribution in [1.29, 1.82) is 0 Å². The molecule has 0 aromatic carbocycles. The summed E-state index contributed by atoms with van der Waals surface area (Å²) in [6.45, 7) is 7.27. The van der Waals surface area contributed by atoms with Gasteiger partial charge in [-0.1, -0.05) is 13.8 Å². The van der Waals surface area contributed by atoms with Crippen molar-refractivity contribution in [1.82, 2.24) is 4.90 Å². The summed E-state index contributed by atoms with van der Waals surface area (Å²) in [7, 11) is 1.96. The number of rotatable bonds is 4. The van der Waals surface area contributed by atoms with Crippen molar-refractivity contribution >= 4 is 5.78 Å². The lowest BCUT2D eigenvalue weighted by Gasteiger charge is -2.22. The molecule has 0 heterocycles. The van der Waals surface area contributed by atoms with Gasteiger partial charge in [0.15, 0.2) is 0 Å². The van der Waals surface area contributed by atoms with Crippen LogP contribution in [0.2, 0.25) is 0 Å². The standard InChI is InChI=1S/C12H23NO2/c1-9(14)7-13(4)8-10-5-6-12(2,3)11(10)15/h9-10,14H,5-8H2,1-4H3. The van der Waals surface area contributed by atoms with Gasteiger partial charge in [0.1, 0.15) is 5.78 Å². The summed E-state index contributed by atoms with van der Waals surface area (Å²) in [6.07, 6.45) is 1.68. The second-order valence-corrected chi connectivity index (χ2v) is 5.55. The first-order valence-electron chi connectivity index (χ1n) is 5.74. The molecule has 3 heteroatoms. The average Bonchev–Trinajstić information content (AvgIpc) is 2.30. The minimum atomic E-state index is -0.320. The van der Waals surface area contributed by atoms with Crippen LogP contribution in [-0.4, -0.2) is 42.0 Å². The molecule has 2 atom stereocenters. The zero-order valence-electron chi connectivity index (χ0n) is 10.3. The van der Waals surface area contributed by atoms with Crippen LogP contribution in [0.3, 0.4) is 0 Å². The van der Waals surface area contributed by atoms with Crippen molar-refractivity contribution in [2.75, 3.05) is 20.1 Å². The van der Waals surface area contributed by atoms with Crippen LogP contribution in [0.4, 0.5) is 0 Å². The van der Waals surface area contributed by atoms with Crippen molar-refractivity contribution in [2.24, 2.45) is 11.3 Å². The molecule has 0 amide bonds. The Bertz CT molecular complexity index is 236. The molecule has 0 saturated heterocycles. The van der Waals surface area contributed by atoms with Gasteiger partial charge in [-0.2, -0.15) is 0 Å². The topological polar surface area (TPSA) is 40.5 Å². The minimum Gasteiger partial charge on any atom is -0.392 e. The first-order valence-corrected chi connectivity index (χ1v) is 5.74. The van der Waals surface area contributed by atoms with E-state index in [1.54, 1.807) is 6.92 Å². The number of carbonyl (C=O) groups excluding carboxylic acids is 1. The maximum absolute atomic E-state index is 12.0. The number of aliphatic hydroxyl groups is 1. The van der Waals surface area contributed by atoms with E-state index in [9.17, 15) is 9.90 Å². The highest BCUT2D eigenvalue weighted by molar-refractivity contribution is 5.88. The molecule has 1 fully saturated rings. The number of hydrogen-bond acceptors (Lipinski definition) is 3. The van der Waals surface area contributed by atoms with Gasteiger partial charge >= 0.3 is 0 Å². The summed E-state index contributed by atoms with van der Waals surface area (Å²) in [5.41, 5.74) is -0.129. The molecule has 0 radical (unpaired) electrons. The molecule has 3 nitrogen and oxygen atoms in total. The van der Waals surface area contributed by atoms with Crippen LogP contribution in [0.15, 0.2) is 0 Å². The van der Waals surface area contributed by atoms with E-state index in [1.165, 1.54) is 0 Å². The van der Waals surface area contributed by atoms with Crippen LogP contribution in [-0.2, 0) is 4.79 Å². The van der Waals surface area contributed by atoms with E-state index >= 15 is 0 Å². The lowest BCUT2D eigenvalue weighted by molar-refractivity contribution is -0.127. The van der Waals surface area contributed by atoms with E-state index in [-0.39, 0.29) is 17.4 Å². The number of nitrogens with zero attached hydrogens (tertiary/aromatic N) is 1. The molecule has 15 heavy (non-hydrogen) atoms. The van der Waals surface area contributed by atoms with Gasteiger partial charge in [-0.15, -0.1) is 0 Å². The Morgan fingerprint density at radius 2 is 2.20 bits per heavy atom. The zero-order valence-corrected chi connectivity index (χ0v) is 10.3. The number of likely N-dealkylation sites (N-methyl/N-ethyl adjacent to an activating group) is 1. The van der Waals surface area contributed by atoms with Crippen LogP contribution >= 0.6 is 0 Å². The van der Waals surface area contributed by atoms with Gasteiger partial charge in [0, 0.05) is 24.4 Å². The van der Waals surface area contributed by atoms with Gasteiger partial charge in [-0.3, -0.25) is 4.79 Å². The fraction of sp³-hybridized carbons (Fsp3) is 0.917. The van der Waals surface area contributed by atoms with E-state index < -0.39 is 0 Å². The first kappa shape index (κ1) is 12.7. The quantitative estimate of drug-likeness (QED) is 0.765. The molecule has 1 aliphatic rings. The molecule has 1 aliphatic carbocycles. The lowest BCUT2D eigenvalue weighted by atomic mass is 9.89. The third-order valence-corrected chi connectivity index (χ3v) is 3.26. The van der Waals surface area contributed by atoms with E-state index in [0.29, 0.717) is 12.3 Å². The summed E-state index contributed by atoms with van der Waals surface area (Å²) in [5.74, 6) is 0.559. The highest BCUT2D eigenvalue weighted by Gasteiger charge is 2.40. The third-order valence-electron chi connectivity index (χ3n) is 3.26. The van der Waals surface area contributed by atoms with Gasteiger partial charge in [0.2, 0.25) is 0 Å². The second kappa shape index (κ2) is 4.62. The SMILES string of the molecule is CC(O)CN(C)CC1CCC(C)(C)C1=O. The third kappa shape index (κ3) is 3.28. The van der Waals surface area contributed by atoms with Gasteiger partial charge in [0.25, 0.3) is 0 Å². The Balaban J connectivity index is 2.44. The predicted molar refractivity (Wildman–Crippen MR) is 60.7 cm³/mol. The highest BCUT2D eigenvalue weighted by atomic mass is 16.3. The largest absolute Gasteiger partial charge is 0.392 e. The Morgan fingerprint density at radius 3 is 2.60 bits per heavy atom. The molecule has 0 spiro atoms. The van der Waals surface area contributed by atoms with Crippen molar-refractivity contribution in [2.45, 2.75) is 39.7 Å². The molecule has 0 aromatic rings. The van der Waals surface area contributed by atoms with E-state index in [2.05, 4.69) is 4.90 Å². The smallest absolute Gasteiger partial charge is 0.142 e. The number of ketones is 1. The average molecular weight is 213 g/mol. The van der Waals surface area contributed by atoms with Crippen molar-refractivity contribution in [3.63, 3.8) is 0 Å². The fourth-order valence-corrected chi connectivity index (χ4v) is 2.42. The zero-order chi connectivity index (χ0) is 11.6. The summed E-state index contributed by atoms with van der Waals surface area (Å²) >= 11 is 0. The molecule has 88 valence electrons. The van der Waals surface area contributed by atoms with E-state index in [4.69, 9.17) is 0 Å². The van der Waals surface area contributed by atoms with E-state index in [1.807, 2.05) is 20.9 Å². The van der Waals surface area contributed by atoms with Crippen molar-refractivity contribution in [3.8, 4) is 0 Å². The lowest BCUT2D eigenvalue weighted by Crippen LogP contribution is -2.34. The number of Topliss-reactive ketones (excluding diaryl/α,β-unsaturated/α-hetero) is 1. The van der Waals surface area contributed by atoms with Crippen LogP contribution in [0, 0.1) is 11.3 Å². The molecule has 0 bridgehead atoms. The Kier molecular flexibility index (Phi) is 3.90. The van der Waals surface area contributed by atoms with Gasteiger partial charge < -0.3 is 10.0 Å². The maximum Gasteiger partial charge on any atom is 0.142 e. The molecule has 0 aliphatic heterocycles. The molecular formula is C12H23NO2. The van der Waals surface area contributed by atoms with Gasteiger partial charge in [-0.05, 0) is 26.8 Å².